The van der Waals surface area contributed by atoms with Crippen molar-refractivity contribution in [1.29, 1.82) is 0 Å². The lowest BCUT2D eigenvalue weighted by Gasteiger charge is -2.06. The van der Waals surface area contributed by atoms with Crippen LogP contribution in [-0.4, -0.2) is 22.4 Å². The summed E-state index contributed by atoms with van der Waals surface area (Å²) in [4.78, 5) is 12.6. The molecule has 0 atom stereocenters. The summed E-state index contributed by atoms with van der Waals surface area (Å²) in [6.07, 6.45) is 3.38. The molecule has 2 heterocycles. The molecule has 0 radical (unpaired) electrons. The average molecular weight is 395 g/mol. The molecule has 0 aliphatic carbocycles. The first-order chi connectivity index (χ1) is 13.5. The molecule has 1 aliphatic rings. The molecule has 1 aliphatic heterocycles. The second-order valence-corrected chi connectivity index (χ2v) is 7.01. The minimum absolute atomic E-state index is 0.101. The van der Waals surface area contributed by atoms with Crippen LogP contribution in [-0.2, 0) is 6.54 Å². The van der Waals surface area contributed by atoms with Gasteiger partial charge in [-0.3, -0.25) is 9.48 Å². The van der Waals surface area contributed by atoms with Crippen LogP contribution in [0.5, 0.6) is 11.5 Å². The fraction of sp³-hybridized carbons (Fsp3) is 0.182. The number of halogens is 1. The Morgan fingerprint density at radius 1 is 1.18 bits per heavy atom. The molecule has 4 rings (SSSR count). The first kappa shape index (κ1) is 18.3. The fourth-order valence-corrected chi connectivity index (χ4v) is 3.39. The molecular formula is C22H19ClN2O3. The van der Waals surface area contributed by atoms with E-state index >= 15 is 0 Å². The lowest BCUT2D eigenvalue weighted by Crippen LogP contribution is -2.04. The maximum Gasteiger partial charge on any atom is 0.231 e. The van der Waals surface area contributed by atoms with E-state index in [-0.39, 0.29) is 12.6 Å². The molecule has 5 nitrogen and oxygen atoms in total. The smallest absolute Gasteiger partial charge is 0.231 e. The second kappa shape index (κ2) is 7.52. The Kier molecular flexibility index (Phi) is 4.92. The third-order valence-corrected chi connectivity index (χ3v) is 5.14. The Bertz CT molecular complexity index is 1090. The number of hydrogen-bond donors (Lipinski definition) is 0. The van der Waals surface area contributed by atoms with Crippen LogP contribution in [0.4, 0.5) is 0 Å². The Morgan fingerprint density at radius 2 is 1.96 bits per heavy atom. The van der Waals surface area contributed by atoms with Gasteiger partial charge in [0.2, 0.25) is 6.79 Å². The van der Waals surface area contributed by atoms with Crippen molar-refractivity contribution in [1.82, 2.24) is 9.78 Å². The van der Waals surface area contributed by atoms with Crippen molar-refractivity contribution in [3.63, 3.8) is 0 Å². The number of carbonyl (C=O) groups excluding carboxylic acids is 1. The summed E-state index contributed by atoms with van der Waals surface area (Å²) in [5.74, 6) is 1.16. The van der Waals surface area contributed by atoms with Crippen LogP contribution in [0.2, 0.25) is 5.02 Å². The first-order valence-corrected chi connectivity index (χ1v) is 9.30. The van der Waals surface area contributed by atoms with Crippen molar-refractivity contribution in [2.24, 2.45) is 0 Å². The van der Waals surface area contributed by atoms with E-state index in [0.717, 1.165) is 22.5 Å². The topological polar surface area (TPSA) is 53.4 Å². The fourth-order valence-electron chi connectivity index (χ4n) is 3.20. The predicted octanol–water partition coefficient (Wildman–Crippen LogP) is 4.83. The quantitative estimate of drug-likeness (QED) is 0.459. The van der Waals surface area contributed by atoms with Gasteiger partial charge in [0.25, 0.3) is 0 Å². The summed E-state index contributed by atoms with van der Waals surface area (Å²) < 4.78 is 12.5. The van der Waals surface area contributed by atoms with E-state index in [1.54, 1.807) is 24.3 Å². The van der Waals surface area contributed by atoms with Crippen LogP contribution in [0.25, 0.3) is 6.08 Å². The van der Waals surface area contributed by atoms with Crippen molar-refractivity contribution in [3.8, 4) is 11.5 Å². The number of fused-ring (bicyclic) bond motifs is 1. The van der Waals surface area contributed by atoms with Gasteiger partial charge in [0.15, 0.2) is 17.3 Å². The number of allylic oxidation sites excluding steroid dienone is 1. The third-order valence-electron chi connectivity index (χ3n) is 4.77. The minimum Gasteiger partial charge on any atom is -0.454 e. The highest BCUT2D eigenvalue weighted by Crippen LogP contribution is 2.32. The number of aromatic nitrogens is 2. The SMILES string of the molecule is Cc1nn(Cc2ccccc2Cl)c(C)c1C=CC(=O)c1ccc2c(c1)OCO2. The zero-order chi connectivity index (χ0) is 19.7. The summed E-state index contributed by atoms with van der Waals surface area (Å²) in [6.45, 7) is 4.69. The molecule has 1 aromatic heterocycles. The molecule has 0 unspecified atom stereocenters. The van der Waals surface area contributed by atoms with Crippen LogP contribution >= 0.6 is 11.6 Å². The largest absolute Gasteiger partial charge is 0.454 e. The van der Waals surface area contributed by atoms with Crippen molar-refractivity contribution in [2.75, 3.05) is 6.79 Å². The van der Waals surface area contributed by atoms with Gasteiger partial charge in [-0.15, -0.1) is 0 Å². The van der Waals surface area contributed by atoms with Crippen LogP contribution in [0, 0.1) is 13.8 Å². The Labute approximate surface area is 168 Å². The van der Waals surface area contributed by atoms with E-state index in [4.69, 9.17) is 21.1 Å². The zero-order valence-electron chi connectivity index (χ0n) is 15.6. The summed E-state index contributed by atoms with van der Waals surface area (Å²) in [6, 6.07) is 12.9. The van der Waals surface area contributed by atoms with Gasteiger partial charge in [-0.2, -0.15) is 5.10 Å². The summed E-state index contributed by atoms with van der Waals surface area (Å²) in [7, 11) is 0. The molecule has 0 N–H and O–H groups in total. The van der Waals surface area contributed by atoms with Crippen molar-refractivity contribution in [3.05, 3.63) is 81.6 Å². The van der Waals surface area contributed by atoms with Crippen LogP contribution in [0.1, 0.15) is 32.9 Å². The second-order valence-electron chi connectivity index (χ2n) is 6.60. The molecule has 0 spiro atoms. The van der Waals surface area contributed by atoms with Gasteiger partial charge in [-0.1, -0.05) is 29.8 Å². The number of ketones is 1. The highest BCUT2D eigenvalue weighted by atomic mass is 35.5. The van der Waals surface area contributed by atoms with Gasteiger partial charge in [-0.25, -0.2) is 0 Å². The number of ether oxygens (including phenoxy) is 2. The number of nitrogens with zero attached hydrogens (tertiary/aromatic N) is 2. The van der Waals surface area contributed by atoms with Crippen LogP contribution in [0.15, 0.2) is 48.5 Å². The van der Waals surface area contributed by atoms with Crippen LogP contribution in [0.3, 0.4) is 0 Å². The molecule has 0 fully saturated rings. The van der Waals surface area contributed by atoms with E-state index in [0.29, 0.717) is 28.6 Å². The summed E-state index contributed by atoms with van der Waals surface area (Å²) in [5.41, 5.74) is 4.33. The predicted molar refractivity (Wildman–Crippen MR) is 108 cm³/mol. The van der Waals surface area contributed by atoms with Crippen molar-refractivity contribution < 1.29 is 14.3 Å². The molecule has 3 aromatic rings. The maximum absolute atomic E-state index is 12.6. The van der Waals surface area contributed by atoms with Crippen molar-refractivity contribution in [2.45, 2.75) is 20.4 Å². The van der Waals surface area contributed by atoms with Crippen molar-refractivity contribution >= 4 is 23.5 Å². The summed E-state index contributed by atoms with van der Waals surface area (Å²) >= 11 is 6.26. The third kappa shape index (κ3) is 3.53. The molecule has 6 heteroatoms. The number of benzene rings is 2. The monoisotopic (exact) mass is 394 g/mol. The van der Waals surface area contributed by atoms with Gasteiger partial charge in [-0.05, 0) is 55.8 Å². The molecule has 28 heavy (non-hydrogen) atoms. The average Bonchev–Trinajstić information content (AvgIpc) is 3.26. The normalized spacial score (nSPS) is 12.7. The molecule has 2 aromatic carbocycles. The van der Waals surface area contributed by atoms with Gasteiger partial charge in [0.1, 0.15) is 0 Å². The molecule has 0 saturated carbocycles. The number of rotatable bonds is 5. The number of aryl methyl sites for hydroxylation is 1. The van der Waals surface area contributed by atoms with E-state index in [2.05, 4.69) is 5.10 Å². The van der Waals surface area contributed by atoms with Gasteiger partial charge >= 0.3 is 0 Å². The Balaban J connectivity index is 1.55. The highest BCUT2D eigenvalue weighted by molar-refractivity contribution is 6.31. The van der Waals surface area contributed by atoms with E-state index in [9.17, 15) is 4.79 Å². The molecular weight excluding hydrogens is 376 g/mol. The van der Waals surface area contributed by atoms with Crippen LogP contribution < -0.4 is 9.47 Å². The maximum atomic E-state index is 12.6. The highest BCUT2D eigenvalue weighted by Gasteiger charge is 2.16. The first-order valence-electron chi connectivity index (χ1n) is 8.92. The van der Waals surface area contributed by atoms with E-state index in [1.807, 2.05) is 48.9 Å². The van der Waals surface area contributed by atoms with Gasteiger partial charge < -0.3 is 9.47 Å². The van der Waals surface area contributed by atoms with Gasteiger partial charge in [0, 0.05) is 21.8 Å². The van der Waals surface area contributed by atoms with E-state index < -0.39 is 0 Å². The Morgan fingerprint density at radius 3 is 2.79 bits per heavy atom. The molecule has 142 valence electrons. The molecule has 0 saturated heterocycles. The van der Waals surface area contributed by atoms with Gasteiger partial charge in [0.05, 0.1) is 12.2 Å². The lowest BCUT2D eigenvalue weighted by molar-refractivity contribution is 0.104. The molecule has 0 amide bonds. The van der Waals surface area contributed by atoms with E-state index in [1.165, 1.54) is 0 Å². The standard InChI is InChI=1S/C22H19ClN2O3/c1-14-18(15(2)25(24-14)12-17-5-3-4-6-19(17)23)8-9-20(26)16-7-10-21-22(11-16)28-13-27-21/h3-11H,12-13H2,1-2H3. The number of carbonyl (C=O) groups is 1. The minimum atomic E-state index is -0.101. The number of hydrogen-bond acceptors (Lipinski definition) is 4. The Hall–Kier alpha value is -3.05. The molecule has 0 bridgehead atoms. The lowest BCUT2D eigenvalue weighted by atomic mass is 10.1. The summed E-state index contributed by atoms with van der Waals surface area (Å²) in [5, 5.41) is 5.32. The zero-order valence-corrected chi connectivity index (χ0v) is 16.4.